The minimum absolute atomic E-state index is 0.000841. The number of halogens is 2. The Morgan fingerprint density at radius 3 is 1.52 bits per heavy atom. The van der Waals surface area contributed by atoms with Crippen LogP contribution < -0.4 is 36.9 Å². The number of benzene rings is 2. The van der Waals surface area contributed by atoms with Crippen molar-refractivity contribution >= 4 is 35.0 Å². The molecule has 2 unspecified atom stereocenters. The van der Waals surface area contributed by atoms with Gasteiger partial charge in [-0.25, -0.2) is 8.78 Å². The standard InChI is InChI=1S/C64H86F2N12O8/c1-40-30-75(36-55(79)77-38-63(3,4)57-51(77)25-45(59(81)70-57)23-42-7-11-47(65)12-8-42)49(28-67-40)32-72-19-21-85-53(34-72)61(83)69-27-44-15-17-74(18-16-44)62(84)54-35-73(20-22-86-54)33-50-29-68-41(2)31-76(50)37-56(80)78-39-64(5,6)58-52(78)26-46(60(82)71-58)24-43-9-13-48(66)14-10-43/h7-14,25-26,40-41,44,49-50,53-54,67-68H,15-24,27-39H2,1-6H3,(H,69,83)(H,70,81)(H,71,82)/t40-,41-,49-,50-,53?,54?/m1/s1. The van der Waals surface area contributed by atoms with Gasteiger partial charge in [0.25, 0.3) is 17.0 Å². The molecule has 0 saturated carbocycles. The van der Waals surface area contributed by atoms with E-state index in [0.29, 0.717) is 147 Å². The van der Waals surface area contributed by atoms with Gasteiger partial charge in [-0.15, -0.1) is 0 Å². The van der Waals surface area contributed by atoms with E-state index in [-0.39, 0.29) is 89.6 Å². The molecular formula is C64H86F2N12O8. The zero-order valence-electron chi connectivity index (χ0n) is 50.7. The number of likely N-dealkylation sites (tertiary alicyclic amines) is 1. The third kappa shape index (κ3) is 14.0. The predicted molar refractivity (Wildman–Crippen MR) is 324 cm³/mol. The number of fused-ring (bicyclic) bond motifs is 2. The number of aromatic nitrogens is 2. The molecule has 464 valence electrons. The largest absolute Gasteiger partial charge is 0.366 e. The molecule has 86 heavy (non-hydrogen) atoms. The maximum atomic E-state index is 14.4. The number of pyridine rings is 2. The van der Waals surface area contributed by atoms with Gasteiger partial charge >= 0.3 is 0 Å². The molecule has 7 aliphatic rings. The fraction of sp³-hybridized carbons (Fsp3) is 0.594. The van der Waals surface area contributed by atoms with Crippen molar-refractivity contribution in [1.82, 2.24) is 50.4 Å². The molecule has 2 aromatic carbocycles. The van der Waals surface area contributed by atoms with E-state index in [4.69, 9.17) is 9.47 Å². The molecule has 6 atom stereocenters. The smallest absolute Gasteiger partial charge is 0.253 e. The first-order chi connectivity index (χ1) is 41.1. The second-order valence-corrected chi connectivity index (χ2v) is 26.6. The summed E-state index contributed by atoms with van der Waals surface area (Å²) in [4.78, 5) is 104. The van der Waals surface area contributed by atoms with Crippen molar-refractivity contribution in [3.05, 3.63) is 127 Å². The van der Waals surface area contributed by atoms with Crippen LogP contribution in [0.15, 0.2) is 70.3 Å². The molecule has 0 bridgehead atoms. The summed E-state index contributed by atoms with van der Waals surface area (Å²) in [7, 11) is 0. The van der Waals surface area contributed by atoms with Crippen molar-refractivity contribution in [3.63, 3.8) is 0 Å². The Bertz CT molecular complexity index is 3240. The lowest BCUT2D eigenvalue weighted by Gasteiger charge is -2.43. The van der Waals surface area contributed by atoms with Crippen LogP contribution in [0.2, 0.25) is 0 Å². The molecule has 7 aliphatic heterocycles. The quantitative estimate of drug-likeness (QED) is 0.109. The van der Waals surface area contributed by atoms with Crippen molar-refractivity contribution in [3.8, 4) is 0 Å². The maximum absolute atomic E-state index is 14.4. The summed E-state index contributed by atoms with van der Waals surface area (Å²) in [6.07, 6.45) is 0.863. The van der Waals surface area contributed by atoms with Crippen LogP contribution in [0.25, 0.3) is 0 Å². The third-order valence-corrected chi connectivity index (χ3v) is 18.9. The maximum Gasteiger partial charge on any atom is 0.253 e. The summed E-state index contributed by atoms with van der Waals surface area (Å²) in [6, 6.07) is 16.2. The van der Waals surface area contributed by atoms with Gasteiger partial charge in [-0.3, -0.25) is 48.4 Å². The van der Waals surface area contributed by atoms with Gasteiger partial charge in [0.05, 0.1) is 37.7 Å². The zero-order chi connectivity index (χ0) is 60.6. The van der Waals surface area contributed by atoms with Gasteiger partial charge < -0.3 is 50.1 Å². The number of H-pyrrole nitrogens is 2. The number of morpholine rings is 2. The summed E-state index contributed by atoms with van der Waals surface area (Å²) in [5.41, 5.74) is 4.14. The van der Waals surface area contributed by atoms with Crippen molar-refractivity contribution in [2.45, 2.75) is 114 Å². The first kappa shape index (κ1) is 61.4. The Hall–Kier alpha value is -6.24. The number of carbonyl (C=O) groups is 4. The predicted octanol–water partition coefficient (Wildman–Crippen LogP) is 2.55. The Balaban J connectivity index is 0.632. The number of amides is 4. The summed E-state index contributed by atoms with van der Waals surface area (Å²) >= 11 is 0. The van der Waals surface area contributed by atoms with E-state index in [2.05, 4.69) is 59.4 Å². The van der Waals surface area contributed by atoms with Gasteiger partial charge in [0.2, 0.25) is 17.7 Å². The average Bonchev–Trinajstić information content (AvgIpc) is 1.69. The highest BCUT2D eigenvalue weighted by atomic mass is 19.1. The molecule has 22 heteroatoms. The molecule has 4 aromatic rings. The number of piperidine rings is 1. The van der Waals surface area contributed by atoms with Crippen LogP contribution in [0.5, 0.6) is 0 Å². The third-order valence-electron chi connectivity index (χ3n) is 18.9. The lowest BCUT2D eigenvalue weighted by molar-refractivity contribution is -0.151. The van der Waals surface area contributed by atoms with Crippen LogP contribution in [0.4, 0.5) is 20.2 Å². The Morgan fingerprint density at radius 1 is 0.616 bits per heavy atom. The number of hydrogen-bond acceptors (Lipinski definition) is 14. The lowest BCUT2D eigenvalue weighted by atomic mass is 9.91. The SMILES string of the molecule is C[C@@H]1CN(CC(=O)N2CC(C)(C)c3[nH]c(=O)c(Cc4ccc(F)cc4)cc32)[C@@H](CN2CCOC(C(=O)NCC3CCN(C(=O)C4CN(C[C@H]5CN[C@H](C)CN5CC(=O)N5CC(C)(C)c6[nH]c(=O)c(Cc7ccc(F)cc7)cc65)CCO4)CC3)C2)CN1. The fourth-order valence-corrected chi connectivity index (χ4v) is 13.9. The van der Waals surface area contributed by atoms with Gasteiger partial charge in [-0.05, 0) is 80.1 Å². The summed E-state index contributed by atoms with van der Waals surface area (Å²) < 4.78 is 39.5. The lowest BCUT2D eigenvalue weighted by Crippen LogP contribution is -2.62. The molecule has 5 saturated heterocycles. The summed E-state index contributed by atoms with van der Waals surface area (Å²) in [5, 5.41) is 10.4. The van der Waals surface area contributed by atoms with E-state index in [1.165, 1.54) is 24.3 Å². The number of hydrogen-bond donors (Lipinski definition) is 5. The number of piperazine rings is 2. The van der Waals surface area contributed by atoms with E-state index >= 15 is 0 Å². The minimum atomic E-state index is -0.644. The highest BCUT2D eigenvalue weighted by Gasteiger charge is 2.44. The Morgan fingerprint density at radius 2 is 1.06 bits per heavy atom. The molecule has 0 aliphatic carbocycles. The van der Waals surface area contributed by atoms with Crippen LogP contribution in [0.1, 0.15) is 88.0 Å². The van der Waals surface area contributed by atoms with Crippen molar-refractivity contribution in [1.29, 1.82) is 0 Å². The van der Waals surface area contributed by atoms with Gasteiger partial charge in [0.1, 0.15) is 23.8 Å². The number of nitrogens with zero attached hydrogens (tertiary/aromatic N) is 7. The number of nitrogens with one attached hydrogen (secondary N) is 5. The van der Waals surface area contributed by atoms with Gasteiger partial charge in [-0.1, -0.05) is 52.0 Å². The molecule has 0 spiro atoms. The normalized spacial score (nSPS) is 25.7. The highest BCUT2D eigenvalue weighted by Crippen LogP contribution is 2.41. The van der Waals surface area contributed by atoms with E-state index in [1.54, 1.807) is 34.1 Å². The summed E-state index contributed by atoms with van der Waals surface area (Å²) in [6.45, 7) is 22.2. The minimum Gasteiger partial charge on any atom is -0.366 e. The number of anilines is 2. The number of aromatic amines is 2. The van der Waals surface area contributed by atoms with Crippen LogP contribution in [0, 0.1) is 17.6 Å². The molecule has 0 radical (unpaired) electrons. The molecule has 2 aromatic heterocycles. The van der Waals surface area contributed by atoms with Crippen molar-refractivity contribution in [2.24, 2.45) is 5.92 Å². The topological polar surface area (TPSA) is 211 Å². The van der Waals surface area contributed by atoms with Crippen LogP contribution in [-0.4, -0.2) is 219 Å². The average molecular weight is 1190 g/mol. The Labute approximate surface area is 502 Å². The second kappa shape index (κ2) is 25.8. The van der Waals surface area contributed by atoms with E-state index in [9.17, 15) is 37.5 Å². The number of rotatable bonds is 16. The number of carbonyl (C=O) groups excluding carboxylic acids is 4. The van der Waals surface area contributed by atoms with E-state index in [1.807, 2.05) is 44.7 Å². The molecule has 9 heterocycles. The van der Waals surface area contributed by atoms with Crippen LogP contribution in [-0.2, 0) is 52.3 Å². The monoisotopic (exact) mass is 1190 g/mol. The van der Waals surface area contributed by atoms with E-state index < -0.39 is 23.0 Å². The highest BCUT2D eigenvalue weighted by molar-refractivity contribution is 5.98. The first-order valence-electron chi connectivity index (χ1n) is 30.9. The van der Waals surface area contributed by atoms with Crippen LogP contribution >= 0.6 is 0 Å². The second-order valence-electron chi connectivity index (χ2n) is 26.6. The zero-order valence-corrected chi connectivity index (χ0v) is 50.7. The molecule has 5 fully saturated rings. The van der Waals surface area contributed by atoms with Crippen molar-refractivity contribution in [2.75, 3.05) is 134 Å². The van der Waals surface area contributed by atoms with Gasteiger partial charge in [-0.2, -0.15) is 0 Å². The summed E-state index contributed by atoms with van der Waals surface area (Å²) in [5.74, 6) is -0.763. The molecule has 4 amide bonds. The molecule has 20 nitrogen and oxygen atoms in total. The van der Waals surface area contributed by atoms with E-state index in [0.717, 1.165) is 35.4 Å². The molecule has 11 rings (SSSR count). The van der Waals surface area contributed by atoms with Gasteiger partial charge in [0, 0.05) is 169 Å². The number of ether oxygens (including phenoxy) is 2. The fourth-order valence-electron chi connectivity index (χ4n) is 13.9. The van der Waals surface area contributed by atoms with Gasteiger partial charge in [0.15, 0.2) is 0 Å². The van der Waals surface area contributed by atoms with Crippen LogP contribution in [0.3, 0.4) is 0 Å². The molecular weight excluding hydrogens is 1100 g/mol. The first-order valence-corrected chi connectivity index (χ1v) is 30.9. The molecule has 5 N–H and O–H groups in total. The van der Waals surface area contributed by atoms with Crippen molar-refractivity contribution < 1.29 is 37.4 Å². The Kier molecular flexibility index (Phi) is 18.5.